The summed E-state index contributed by atoms with van der Waals surface area (Å²) in [4.78, 5) is 0. The monoisotopic (exact) mass is 678 g/mol. The van der Waals surface area contributed by atoms with Crippen molar-refractivity contribution in [2.75, 3.05) is 64.0 Å². The van der Waals surface area contributed by atoms with Gasteiger partial charge in [-0.05, 0) is 51.4 Å². The van der Waals surface area contributed by atoms with E-state index in [0.717, 1.165) is 24.9 Å². The Kier molecular flexibility index (Phi) is 31.8. The Morgan fingerprint density at radius 1 is 0.455 bits per heavy atom. The lowest BCUT2D eigenvalue weighted by Crippen LogP contribution is -2.42. The van der Waals surface area contributed by atoms with Gasteiger partial charge in [-0.2, -0.15) is 0 Å². The Morgan fingerprint density at radius 3 is 1.05 bits per heavy atom. The summed E-state index contributed by atoms with van der Waals surface area (Å²) in [5.74, 6) is 0. The van der Waals surface area contributed by atoms with E-state index < -0.39 is 26.4 Å². The summed E-state index contributed by atoms with van der Waals surface area (Å²) < 4.78 is 47.6. The van der Waals surface area contributed by atoms with Crippen molar-refractivity contribution < 1.29 is 39.8 Å². The van der Waals surface area contributed by atoms with E-state index in [1.165, 1.54) is 64.2 Å². The van der Waals surface area contributed by atoms with Crippen molar-refractivity contribution in [2.24, 2.45) is 0 Å². The van der Waals surface area contributed by atoms with Crippen molar-refractivity contribution in [1.29, 1.82) is 0 Å². The average molecular weight is 679 g/mol. The van der Waals surface area contributed by atoms with Crippen LogP contribution in [0.5, 0.6) is 0 Å². The highest BCUT2D eigenvalue weighted by atomic mass is 28.4. The minimum atomic E-state index is -2.45. The molecule has 1 aliphatic rings. The van der Waals surface area contributed by atoms with Gasteiger partial charge in [0.1, 0.15) is 0 Å². The zero-order valence-corrected chi connectivity index (χ0v) is 32.5. The normalized spacial score (nSPS) is 14.5. The molecule has 0 fully saturated rings. The molecule has 0 spiro atoms. The second-order valence-corrected chi connectivity index (χ2v) is 19.2. The van der Waals surface area contributed by atoms with Gasteiger partial charge in [0.2, 0.25) is 0 Å². The van der Waals surface area contributed by atoms with Crippen LogP contribution in [0.15, 0.2) is 49.1 Å². The molecule has 1 rings (SSSR count). The molecule has 0 bridgehead atoms. The van der Waals surface area contributed by atoms with E-state index in [2.05, 4.69) is 43.0 Å². The van der Waals surface area contributed by atoms with E-state index in [0.29, 0.717) is 6.04 Å². The van der Waals surface area contributed by atoms with Gasteiger partial charge in [0.15, 0.2) is 0 Å². The van der Waals surface area contributed by atoms with Crippen molar-refractivity contribution in [1.82, 2.24) is 0 Å². The highest BCUT2D eigenvalue weighted by Crippen LogP contribution is 2.16. The van der Waals surface area contributed by atoms with Crippen molar-refractivity contribution in [3.8, 4) is 0 Å². The number of allylic oxidation sites excluding steroid dienone is 7. The fraction of sp³-hybridized carbons (Fsp3) is 0.750. The summed E-state index contributed by atoms with van der Waals surface area (Å²) in [6.07, 6.45) is 30.4. The predicted molar refractivity (Wildman–Crippen MR) is 188 cm³/mol. The number of hydrogen-bond donors (Lipinski definition) is 0. The molecule has 9 nitrogen and oxygen atoms in total. The van der Waals surface area contributed by atoms with Gasteiger partial charge in [0.05, 0.1) is 0 Å². The Bertz CT molecular complexity index is 653. The second kappa shape index (κ2) is 30.9. The van der Waals surface area contributed by atoms with Gasteiger partial charge in [-0.25, -0.2) is 0 Å². The average Bonchev–Trinajstić information content (AvgIpc) is 3.05. The fourth-order valence-corrected chi connectivity index (χ4v) is 8.62. The van der Waals surface area contributed by atoms with Gasteiger partial charge in [-0.1, -0.05) is 68.2 Å². The Balaban J connectivity index is 0. The van der Waals surface area contributed by atoms with Crippen molar-refractivity contribution in [2.45, 2.75) is 95.2 Å². The molecule has 0 heterocycles. The van der Waals surface area contributed by atoms with Gasteiger partial charge >= 0.3 is 26.4 Å². The van der Waals surface area contributed by atoms with E-state index in [1.807, 2.05) is 0 Å². The van der Waals surface area contributed by atoms with Gasteiger partial charge < -0.3 is 39.8 Å². The van der Waals surface area contributed by atoms with Crippen molar-refractivity contribution in [3.05, 3.63) is 49.1 Å². The summed E-state index contributed by atoms with van der Waals surface area (Å²) in [5, 5.41) is 0. The number of rotatable bonds is 22. The number of hydrogen-bond acceptors (Lipinski definition) is 9. The molecule has 0 amide bonds. The van der Waals surface area contributed by atoms with Crippen LogP contribution in [0.2, 0.25) is 18.1 Å². The van der Waals surface area contributed by atoms with Gasteiger partial charge in [0.25, 0.3) is 0 Å². The smallest absolute Gasteiger partial charge is 0.377 e. The lowest BCUT2D eigenvalue weighted by Gasteiger charge is -2.22. The summed E-state index contributed by atoms with van der Waals surface area (Å²) in [5.41, 5.74) is 0. The third kappa shape index (κ3) is 21.9. The summed E-state index contributed by atoms with van der Waals surface area (Å²) in [6.45, 7) is 3.58. The van der Waals surface area contributed by atoms with Crippen LogP contribution in [0.4, 0.5) is 0 Å². The first-order valence-electron chi connectivity index (χ1n) is 15.8. The third-order valence-electron chi connectivity index (χ3n) is 7.41. The minimum Gasteiger partial charge on any atom is -0.377 e. The Morgan fingerprint density at radius 2 is 0.773 bits per heavy atom. The first-order valence-corrected chi connectivity index (χ1v) is 21.6. The van der Waals surface area contributed by atoms with E-state index in [1.54, 1.807) is 70.1 Å². The molecule has 44 heavy (non-hydrogen) atoms. The van der Waals surface area contributed by atoms with Crippen LogP contribution in [-0.2, 0) is 39.8 Å². The van der Waals surface area contributed by atoms with Gasteiger partial charge in [-0.3, -0.25) is 0 Å². The van der Waals surface area contributed by atoms with Crippen molar-refractivity contribution in [3.63, 3.8) is 0 Å². The first-order chi connectivity index (χ1) is 21.3. The summed E-state index contributed by atoms with van der Waals surface area (Å²) >= 11 is 0. The second-order valence-electron chi connectivity index (χ2n) is 10.2. The van der Waals surface area contributed by atoms with Crippen LogP contribution in [0.25, 0.3) is 0 Å². The van der Waals surface area contributed by atoms with Crippen LogP contribution >= 0.6 is 0 Å². The van der Waals surface area contributed by atoms with Gasteiger partial charge in [0, 0.05) is 82.1 Å². The molecule has 1 aliphatic carbocycles. The molecular weight excluding hydrogens is 613 g/mol. The number of unbranched alkanes of at least 4 members (excludes halogenated alkanes) is 5. The van der Waals surface area contributed by atoms with Crippen LogP contribution in [0, 0.1) is 0 Å². The van der Waals surface area contributed by atoms with Crippen LogP contribution in [0.1, 0.15) is 77.0 Å². The van der Waals surface area contributed by atoms with Crippen LogP contribution in [-0.4, -0.2) is 90.4 Å². The molecular formula is C32H66O9Si3. The molecule has 0 atom stereocenters. The minimum absolute atomic E-state index is 0.649. The molecule has 0 saturated heterocycles. The lowest BCUT2D eigenvalue weighted by atomic mass is 10.1. The van der Waals surface area contributed by atoms with E-state index in [9.17, 15) is 0 Å². The molecule has 0 unspecified atom stereocenters. The summed E-state index contributed by atoms with van der Waals surface area (Å²) in [6, 6.07) is 2.09. The van der Waals surface area contributed by atoms with Crippen molar-refractivity contribution >= 4 is 26.4 Å². The fourth-order valence-electron chi connectivity index (χ4n) is 4.36. The predicted octanol–water partition coefficient (Wildman–Crippen LogP) is 8.14. The Labute approximate surface area is 274 Å². The maximum Gasteiger partial charge on any atom is 0.504 e. The molecule has 0 radical (unpaired) electrons. The summed E-state index contributed by atoms with van der Waals surface area (Å²) in [7, 11) is 7.37. The Hall–Kier alpha value is -0.749. The molecule has 12 heteroatoms. The standard InChI is InChI=1S/C18H38O6Si2.C8H14.C6H14O3Si/c1-19-25(20-2,21-3)17-15-13-11-9-7-8-10-12-14-16-18-26(22-4,23-5)24-6;1-2-4-6-8-7-5-3-1;1-5-6-10(7-2,8-3)9-4/h13-16H,7-12,17-18H2,1-6H3;1-2H,3-8H2;5H,1,6H2,2-4H3/b15-13+,16-14+;;. The van der Waals surface area contributed by atoms with E-state index >= 15 is 0 Å². The maximum absolute atomic E-state index is 5.39. The zero-order chi connectivity index (χ0) is 33.4. The largest absolute Gasteiger partial charge is 0.504 e. The topological polar surface area (TPSA) is 83.1 Å². The first kappa shape index (κ1) is 45.4. The maximum atomic E-state index is 5.39. The molecule has 0 N–H and O–H groups in total. The third-order valence-corrected chi connectivity index (χ3v) is 15.3. The highest BCUT2D eigenvalue weighted by molar-refractivity contribution is 6.61. The van der Waals surface area contributed by atoms with Crippen LogP contribution in [0.3, 0.4) is 0 Å². The quantitative estimate of drug-likeness (QED) is 0.0640. The van der Waals surface area contributed by atoms with Crippen LogP contribution < -0.4 is 0 Å². The highest BCUT2D eigenvalue weighted by Gasteiger charge is 2.37. The lowest BCUT2D eigenvalue weighted by molar-refractivity contribution is 0.126. The molecule has 0 aromatic rings. The SMILES string of the molecule is C1=CCCCCCC1.C=CC[Si](OC)(OC)OC.CO[Si](C/C=C/CCCCCC/C=C/C[Si](OC)(OC)OC)(OC)OC. The molecule has 0 aromatic carbocycles. The van der Waals surface area contributed by atoms with Gasteiger partial charge in [-0.15, -0.1) is 6.58 Å². The molecule has 0 aromatic heterocycles. The zero-order valence-electron chi connectivity index (χ0n) is 29.5. The van der Waals surface area contributed by atoms with E-state index in [4.69, 9.17) is 39.8 Å². The van der Waals surface area contributed by atoms with E-state index in [-0.39, 0.29) is 0 Å². The molecule has 260 valence electrons. The molecule has 0 saturated carbocycles. The molecule has 0 aliphatic heterocycles.